The van der Waals surface area contributed by atoms with E-state index in [0.29, 0.717) is 12.8 Å². The van der Waals surface area contributed by atoms with Crippen molar-refractivity contribution in [2.75, 3.05) is 0 Å². The Kier molecular flexibility index (Phi) is 3.00. The van der Waals surface area contributed by atoms with Crippen LogP contribution in [-0.2, 0) is 14.3 Å². The average Bonchev–Trinajstić information content (AvgIpc) is 2.69. The zero-order valence-electron chi connectivity index (χ0n) is 9.33. The van der Waals surface area contributed by atoms with Gasteiger partial charge in [-0.15, -0.1) is 12.3 Å². The van der Waals surface area contributed by atoms with E-state index in [-0.39, 0.29) is 18.1 Å². The van der Waals surface area contributed by atoms with E-state index in [2.05, 4.69) is 5.92 Å². The van der Waals surface area contributed by atoms with Gasteiger partial charge in [-0.05, 0) is 12.8 Å². The van der Waals surface area contributed by atoms with Gasteiger partial charge in [0.25, 0.3) is 0 Å². The third-order valence-electron chi connectivity index (χ3n) is 3.66. The number of cyclic esters (lactones) is 1. The molecule has 3 heteroatoms. The molecule has 1 heterocycles. The second-order valence-corrected chi connectivity index (χ2v) is 4.79. The lowest BCUT2D eigenvalue weighted by atomic mass is 9.77. The predicted molar refractivity (Wildman–Crippen MR) is 58.5 cm³/mol. The number of terminal acetylenes is 1. The molecule has 2 fully saturated rings. The molecule has 16 heavy (non-hydrogen) atoms. The lowest BCUT2D eigenvalue weighted by Gasteiger charge is -2.39. The number of ketones is 1. The normalized spacial score (nSPS) is 31.2. The quantitative estimate of drug-likeness (QED) is 0.405. The molecule has 0 aromatic rings. The largest absolute Gasteiger partial charge is 0.457 e. The molecule has 86 valence electrons. The van der Waals surface area contributed by atoms with Crippen LogP contribution < -0.4 is 0 Å². The summed E-state index contributed by atoms with van der Waals surface area (Å²) in [4.78, 5) is 23.0. The zero-order chi connectivity index (χ0) is 11.6. The van der Waals surface area contributed by atoms with Crippen LogP contribution in [-0.4, -0.2) is 17.4 Å². The Labute approximate surface area is 95.5 Å². The van der Waals surface area contributed by atoms with Crippen molar-refractivity contribution in [1.82, 2.24) is 0 Å². The lowest BCUT2D eigenvalue weighted by Crippen LogP contribution is -2.47. The van der Waals surface area contributed by atoms with Crippen LogP contribution in [0.4, 0.5) is 0 Å². The maximum absolute atomic E-state index is 11.6. The van der Waals surface area contributed by atoms with Crippen LogP contribution >= 0.6 is 0 Å². The first-order valence-corrected chi connectivity index (χ1v) is 5.83. The second-order valence-electron chi connectivity index (χ2n) is 4.79. The number of carbonyl (C=O) groups is 2. The van der Waals surface area contributed by atoms with E-state index in [9.17, 15) is 9.59 Å². The molecule has 1 saturated carbocycles. The zero-order valence-corrected chi connectivity index (χ0v) is 9.33. The van der Waals surface area contributed by atoms with Gasteiger partial charge in [0.05, 0.1) is 0 Å². The molecule has 0 aromatic heterocycles. The third kappa shape index (κ3) is 1.97. The average molecular weight is 220 g/mol. The molecule has 0 spiro atoms. The molecular weight excluding hydrogens is 204 g/mol. The highest BCUT2D eigenvalue weighted by molar-refractivity contribution is 5.98. The van der Waals surface area contributed by atoms with Crippen LogP contribution in [0.25, 0.3) is 0 Å². The molecule has 2 rings (SSSR count). The van der Waals surface area contributed by atoms with Crippen LogP contribution in [0.5, 0.6) is 0 Å². The van der Waals surface area contributed by atoms with E-state index in [1.807, 2.05) is 0 Å². The van der Waals surface area contributed by atoms with Gasteiger partial charge in [-0.3, -0.25) is 9.59 Å². The summed E-state index contributed by atoms with van der Waals surface area (Å²) in [6, 6.07) is 0. The Balaban J connectivity index is 2.23. The van der Waals surface area contributed by atoms with E-state index in [4.69, 9.17) is 11.2 Å². The van der Waals surface area contributed by atoms with E-state index in [1.165, 1.54) is 0 Å². The monoisotopic (exact) mass is 220 g/mol. The molecule has 0 aromatic carbocycles. The van der Waals surface area contributed by atoms with Crippen LogP contribution in [0.2, 0.25) is 0 Å². The topological polar surface area (TPSA) is 43.4 Å². The first kappa shape index (κ1) is 11.2. The number of carbonyl (C=O) groups excluding carboxylic acids is 2. The molecule has 0 amide bonds. The van der Waals surface area contributed by atoms with Crippen molar-refractivity contribution in [1.29, 1.82) is 0 Å². The van der Waals surface area contributed by atoms with Gasteiger partial charge in [0, 0.05) is 18.8 Å². The van der Waals surface area contributed by atoms with Crippen molar-refractivity contribution in [3.8, 4) is 12.3 Å². The van der Waals surface area contributed by atoms with Crippen molar-refractivity contribution in [3.05, 3.63) is 0 Å². The molecule has 1 unspecified atom stereocenters. The van der Waals surface area contributed by atoms with Gasteiger partial charge in [-0.1, -0.05) is 12.8 Å². The van der Waals surface area contributed by atoms with Crippen molar-refractivity contribution in [3.63, 3.8) is 0 Å². The molecule has 0 bridgehead atoms. The highest BCUT2D eigenvalue weighted by Gasteiger charge is 2.47. The van der Waals surface area contributed by atoms with Crippen molar-refractivity contribution < 1.29 is 14.3 Å². The Morgan fingerprint density at radius 2 is 2.06 bits per heavy atom. The van der Waals surface area contributed by atoms with Gasteiger partial charge in [0.15, 0.2) is 0 Å². The van der Waals surface area contributed by atoms with Gasteiger partial charge in [0.1, 0.15) is 17.8 Å². The van der Waals surface area contributed by atoms with Crippen molar-refractivity contribution in [2.24, 2.45) is 5.92 Å². The number of hydrogen-bond donors (Lipinski definition) is 0. The molecular formula is C13H16O3. The minimum Gasteiger partial charge on any atom is -0.457 e. The van der Waals surface area contributed by atoms with Crippen LogP contribution in [0.15, 0.2) is 0 Å². The van der Waals surface area contributed by atoms with Gasteiger partial charge >= 0.3 is 5.97 Å². The van der Waals surface area contributed by atoms with E-state index >= 15 is 0 Å². The third-order valence-corrected chi connectivity index (χ3v) is 3.66. The summed E-state index contributed by atoms with van der Waals surface area (Å²) in [5.74, 6) is 2.41. The SMILES string of the molecule is C#CCC1(C2CCCC2)CC(=O)CC(=O)O1. The van der Waals surface area contributed by atoms with Gasteiger partial charge < -0.3 is 4.74 Å². The molecule has 2 aliphatic rings. The van der Waals surface area contributed by atoms with E-state index in [1.54, 1.807) is 0 Å². The summed E-state index contributed by atoms with van der Waals surface area (Å²) < 4.78 is 5.47. The highest BCUT2D eigenvalue weighted by atomic mass is 16.6. The smallest absolute Gasteiger partial charge is 0.313 e. The Morgan fingerprint density at radius 1 is 1.38 bits per heavy atom. The molecule has 1 saturated heterocycles. The maximum Gasteiger partial charge on any atom is 0.313 e. The number of Topliss-reactive ketones (excluding diaryl/α,β-unsaturated/α-hetero) is 1. The van der Waals surface area contributed by atoms with Crippen LogP contribution in [0.1, 0.15) is 44.9 Å². The Bertz CT molecular complexity index is 329. The van der Waals surface area contributed by atoms with Crippen molar-refractivity contribution >= 4 is 11.8 Å². The summed E-state index contributed by atoms with van der Waals surface area (Å²) in [6.45, 7) is 0. The van der Waals surface area contributed by atoms with E-state index < -0.39 is 11.6 Å². The second kappa shape index (κ2) is 4.29. The van der Waals surface area contributed by atoms with Gasteiger partial charge in [-0.2, -0.15) is 0 Å². The summed E-state index contributed by atoms with van der Waals surface area (Å²) >= 11 is 0. The number of rotatable bonds is 2. The van der Waals surface area contributed by atoms with Gasteiger partial charge in [-0.25, -0.2) is 0 Å². The number of ether oxygens (including phenoxy) is 1. The van der Waals surface area contributed by atoms with Crippen LogP contribution in [0, 0.1) is 18.3 Å². The highest BCUT2D eigenvalue weighted by Crippen LogP contribution is 2.42. The summed E-state index contributed by atoms with van der Waals surface area (Å²) in [7, 11) is 0. The first-order chi connectivity index (χ1) is 7.66. The number of esters is 1. The standard InChI is InChI=1S/C13H16O3/c1-2-7-13(10-5-3-4-6-10)9-11(14)8-12(15)16-13/h1,10H,3-9H2. The molecule has 0 radical (unpaired) electrons. The molecule has 3 nitrogen and oxygen atoms in total. The van der Waals surface area contributed by atoms with Gasteiger partial charge in [0.2, 0.25) is 0 Å². The maximum atomic E-state index is 11.6. The van der Waals surface area contributed by atoms with Crippen molar-refractivity contribution in [2.45, 2.75) is 50.5 Å². The molecule has 1 aliphatic carbocycles. The summed E-state index contributed by atoms with van der Waals surface area (Å²) in [6.07, 6.45) is 10.3. The minimum atomic E-state index is -0.683. The minimum absolute atomic E-state index is 0.0293. The van der Waals surface area contributed by atoms with E-state index in [0.717, 1.165) is 25.7 Å². The Hall–Kier alpha value is -1.30. The molecule has 0 N–H and O–H groups in total. The summed E-state index contributed by atoms with van der Waals surface area (Å²) in [5, 5.41) is 0. The predicted octanol–water partition coefficient (Wildman–Crippen LogP) is 1.84. The molecule has 1 atom stereocenters. The number of hydrogen-bond acceptors (Lipinski definition) is 3. The lowest BCUT2D eigenvalue weighted by molar-refractivity contribution is -0.176. The Morgan fingerprint density at radius 3 is 2.62 bits per heavy atom. The fourth-order valence-corrected chi connectivity index (χ4v) is 2.95. The van der Waals surface area contributed by atoms with Crippen LogP contribution in [0.3, 0.4) is 0 Å². The fraction of sp³-hybridized carbons (Fsp3) is 0.692. The first-order valence-electron chi connectivity index (χ1n) is 5.83. The summed E-state index contributed by atoms with van der Waals surface area (Å²) in [5.41, 5.74) is -0.683. The molecule has 1 aliphatic heterocycles. The fourth-order valence-electron chi connectivity index (χ4n) is 2.95.